The summed E-state index contributed by atoms with van der Waals surface area (Å²) in [6.45, 7) is 4.94. The Morgan fingerprint density at radius 3 is 2.45 bits per heavy atom. The minimum absolute atomic E-state index is 0.000892. The molecule has 3 aromatic heterocycles. The van der Waals surface area contributed by atoms with Crippen molar-refractivity contribution in [1.82, 2.24) is 34.8 Å². The molecule has 7 nitrogen and oxygen atoms in total. The minimum Gasteiger partial charge on any atom is -0.352 e. The highest BCUT2D eigenvalue weighted by Gasteiger charge is 2.41. The van der Waals surface area contributed by atoms with Gasteiger partial charge >= 0.3 is 0 Å². The van der Waals surface area contributed by atoms with Crippen LogP contribution in [0.25, 0.3) is 0 Å². The summed E-state index contributed by atoms with van der Waals surface area (Å²) >= 11 is 5.81. The largest absolute Gasteiger partial charge is 0.352 e. The van der Waals surface area contributed by atoms with Crippen LogP contribution in [0.5, 0.6) is 0 Å². The van der Waals surface area contributed by atoms with E-state index in [0.717, 1.165) is 28.7 Å². The molecule has 8 heteroatoms. The van der Waals surface area contributed by atoms with Gasteiger partial charge in [0, 0.05) is 29.7 Å². The maximum absolute atomic E-state index is 5.81. The zero-order valence-corrected chi connectivity index (χ0v) is 18.2. The Morgan fingerprint density at radius 1 is 1.00 bits per heavy atom. The number of hydrogen-bond acceptors (Lipinski definition) is 4. The van der Waals surface area contributed by atoms with Crippen LogP contribution in [0.3, 0.4) is 0 Å². The Hall–Kier alpha value is -3.52. The average molecular weight is 430 g/mol. The molecule has 1 aliphatic rings. The second-order valence-electron chi connectivity index (χ2n) is 7.72. The molecule has 1 N–H and O–H groups in total. The van der Waals surface area contributed by atoms with Crippen molar-refractivity contribution in [1.29, 1.82) is 0 Å². The van der Waals surface area contributed by atoms with Crippen LogP contribution in [0, 0.1) is 13.8 Å². The maximum Gasteiger partial charge on any atom is 0.170 e. The molecular weight excluding hydrogens is 406 g/mol. The van der Waals surface area contributed by atoms with Gasteiger partial charge in [-0.2, -0.15) is 0 Å². The molecule has 0 radical (unpaired) electrons. The summed E-state index contributed by atoms with van der Waals surface area (Å²) in [5.74, 6) is 0. The van der Waals surface area contributed by atoms with Gasteiger partial charge in [-0.1, -0.05) is 36.4 Å². The highest BCUT2D eigenvalue weighted by molar-refractivity contribution is 7.80. The first-order chi connectivity index (χ1) is 15.1. The Morgan fingerprint density at radius 2 is 1.74 bits per heavy atom. The van der Waals surface area contributed by atoms with E-state index in [2.05, 4.69) is 80.3 Å². The van der Waals surface area contributed by atoms with Crippen LogP contribution in [0.2, 0.25) is 0 Å². The first kappa shape index (κ1) is 19.4. The van der Waals surface area contributed by atoms with Gasteiger partial charge in [-0.25, -0.2) is 4.68 Å². The molecule has 31 heavy (non-hydrogen) atoms. The van der Waals surface area contributed by atoms with Gasteiger partial charge in [0.25, 0.3) is 0 Å². The van der Waals surface area contributed by atoms with Crippen molar-refractivity contribution < 1.29 is 0 Å². The molecule has 0 saturated carbocycles. The Kier molecular flexibility index (Phi) is 4.99. The van der Waals surface area contributed by atoms with E-state index in [1.807, 2.05) is 29.1 Å². The molecule has 0 amide bonds. The lowest BCUT2D eigenvalue weighted by Gasteiger charge is -2.28. The van der Waals surface area contributed by atoms with Crippen LogP contribution in [0.15, 0.2) is 73.4 Å². The smallest absolute Gasteiger partial charge is 0.170 e. The normalized spacial score (nSPS) is 18.4. The monoisotopic (exact) mass is 429 g/mol. The number of pyridine rings is 1. The van der Waals surface area contributed by atoms with Crippen molar-refractivity contribution in [2.45, 2.75) is 32.5 Å². The quantitative estimate of drug-likeness (QED) is 0.490. The standard InChI is InChI=1S/C23H23N7S/c1-16-12-19(17(2)30(16)28-14-25-26-15-28)22-21(20-10-6-7-11-24-20)27-23(31)29(22)13-18-8-4-3-5-9-18/h3-12,14-15,21-22H,13H2,1-2H3,(H,27,31)/t21-,22+/m0/s1. The third kappa shape index (κ3) is 3.48. The molecule has 156 valence electrons. The molecule has 2 atom stereocenters. The second-order valence-corrected chi connectivity index (χ2v) is 8.11. The van der Waals surface area contributed by atoms with Crippen molar-refractivity contribution in [2.24, 2.45) is 0 Å². The lowest BCUT2D eigenvalue weighted by molar-refractivity contribution is 0.309. The highest BCUT2D eigenvalue weighted by atomic mass is 32.1. The molecular formula is C23H23N7S. The van der Waals surface area contributed by atoms with Gasteiger partial charge in [0.1, 0.15) is 12.7 Å². The Labute approximate surface area is 186 Å². The fourth-order valence-corrected chi connectivity index (χ4v) is 4.73. The summed E-state index contributed by atoms with van der Waals surface area (Å²) in [5, 5.41) is 12.2. The van der Waals surface area contributed by atoms with Crippen molar-refractivity contribution in [3.8, 4) is 0 Å². The number of aromatic nitrogens is 5. The summed E-state index contributed by atoms with van der Waals surface area (Å²) in [7, 11) is 0. The van der Waals surface area contributed by atoms with E-state index in [0.29, 0.717) is 0 Å². The van der Waals surface area contributed by atoms with Crippen molar-refractivity contribution in [2.75, 3.05) is 0 Å². The summed E-state index contributed by atoms with van der Waals surface area (Å²) in [5.41, 5.74) is 5.60. The Bertz CT molecular complexity index is 1190. The van der Waals surface area contributed by atoms with Crippen LogP contribution in [0.4, 0.5) is 0 Å². The van der Waals surface area contributed by atoms with E-state index >= 15 is 0 Å². The van der Waals surface area contributed by atoms with Gasteiger partial charge in [-0.15, -0.1) is 10.2 Å². The van der Waals surface area contributed by atoms with E-state index in [9.17, 15) is 0 Å². The third-order valence-electron chi connectivity index (χ3n) is 5.78. The van der Waals surface area contributed by atoms with Crippen LogP contribution < -0.4 is 5.32 Å². The summed E-state index contributed by atoms with van der Waals surface area (Å²) in [6, 6.07) is 18.6. The summed E-state index contributed by atoms with van der Waals surface area (Å²) in [4.78, 5) is 6.91. The molecule has 5 rings (SSSR count). The first-order valence-electron chi connectivity index (χ1n) is 10.2. The molecule has 1 fully saturated rings. The van der Waals surface area contributed by atoms with Crippen molar-refractivity contribution in [3.05, 3.63) is 102 Å². The number of benzene rings is 1. The zero-order chi connectivity index (χ0) is 21.4. The number of nitrogens with one attached hydrogen (secondary N) is 1. The Balaban J connectivity index is 1.62. The van der Waals surface area contributed by atoms with Crippen LogP contribution in [-0.4, -0.2) is 34.5 Å². The molecule has 4 heterocycles. The molecule has 0 unspecified atom stereocenters. The number of aryl methyl sites for hydroxylation is 1. The maximum atomic E-state index is 5.81. The number of hydrogen-bond donors (Lipinski definition) is 1. The van der Waals surface area contributed by atoms with E-state index in [-0.39, 0.29) is 12.1 Å². The molecule has 0 aliphatic carbocycles. The number of rotatable bonds is 5. The first-order valence-corrected chi connectivity index (χ1v) is 10.6. The number of nitrogens with zero attached hydrogens (tertiary/aromatic N) is 6. The van der Waals surface area contributed by atoms with Crippen LogP contribution in [0.1, 0.15) is 40.3 Å². The number of thiocarbonyl (C=S) groups is 1. The van der Waals surface area contributed by atoms with Gasteiger partial charge < -0.3 is 10.2 Å². The molecule has 1 aromatic carbocycles. The van der Waals surface area contributed by atoms with E-state index in [1.54, 1.807) is 12.7 Å². The zero-order valence-electron chi connectivity index (χ0n) is 17.4. The molecule has 0 spiro atoms. The molecule has 0 bridgehead atoms. The lowest BCUT2D eigenvalue weighted by atomic mass is 9.96. The van der Waals surface area contributed by atoms with Gasteiger partial charge in [0.2, 0.25) is 0 Å². The van der Waals surface area contributed by atoms with E-state index < -0.39 is 0 Å². The van der Waals surface area contributed by atoms with Gasteiger partial charge in [0.05, 0.1) is 17.8 Å². The third-order valence-corrected chi connectivity index (χ3v) is 6.14. The SMILES string of the molecule is Cc1cc([C@@H]2[C@H](c3ccccn3)NC(=S)N2Cc2ccccc2)c(C)n1-n1cnnc1. The summed E-state index contributed by atoms with van der Waals surface area (Å²) < 4.78 is 4.01. The highest BCUT2D eigenvalue weighted by Crippen LogP contribution is 2.41. The molecule has 1 aliphatic heterocycles. The molecule has 4 aromatic rings. The predicted molar refractivity (Wildman–Crippen MR) is 122 cm³/mol. The predicted octanol–water partition coefficient (Wildman–Crippen LogP) is 3.58. The van der Waals surface area contributed by atoms with Gasteiger partial charge in [0.15, 0.2) is 5.11 Å². The van der Waals surface area contributed by atoms with Crippen LogP contribution in [-0.2, 0) is 6.54 Å². The van der Waals surface area contributed by atoms with Crippen molar-refractivity contribution >= 4 is 17.3 Å². The van der Waals surface area contributed by atoms with Gasteiger partial charge in [-0.3, -0.25) is 9.66 Å². The summed E-state index contributed by atoms with van der Waals surface area (Å²) in [6.07, 6.45) is 5.25. The molecule has 1 saturated heterocycles. The minimum atomic E-state index is -0.0488. The fraction of sp³-hybridized carbons (Fsp3) is 0.217. The average Bonchev–Trinajstić information content (AvgIpc) is 3.49. The lowest BCUT2D eigenvalue weighted by Crippen LogP contribution is -2.29. The van der Waals surface area contributed by atoms with Crippen molar-refractivity contribution in [3.63, 3.8) is 0 Å². The van der Waals surface area contributed by atoms with Crippen LogP contribution >= 0.6 is 12.2 Å². The topological polar surface area (TPSA) is 63.8 Å². The second kappa shape index (κ2) is 7.96. The van der Waals surface area contributed by atoms with Gasteiger partial charge in [-0.05, 0) is 49.8 Å². The van der Waals surface area contributed by atoms with E-state index in [4.69, 9.17) is 12.2 Å². The van der Waals surface area contributed by atoms with E-state index in [1.165, 1.54) is 11.1 Å². The fourth-order valence-electron chi connectivity index (χ4n) is 4.43.